The number of benzene rings is 2. The number of carbonyl (C=O) groups excluding carboxylic acids is 1. The number of fused-ring (bicyclic) bond motifs is 2. The van der Waals surface area contributed by atoms with Gasteiger partial charge in [-0.1, -0.05) is 26.0 Å². The van der Waals surface area contributed by atoms with Gasteiger partial charge < -0.3 is 19.8 Å². The van der Waals surface area contributed by atoms with Crippen LogP contribution in [0.2, 0.25) is 0 Å². The van der Waals surface area contributed by atoms with Crippen molar-refractivity contribution < 1.29 is 22.7 Å². The summed E-state index contributed by atoms with van der Waals surface area (Å²) in [6.07, 6.45) is 0.918. The van der Waals surface area contributed by atoms with Crippen molar-refractivity contribution in [3.05, 3.63) is 48.3 Å². The van der Waals surface area contributed by atoms with Gasteiger partial charge in [0, 0.05) is 25.1 Å². The maximum Gasteiger partial charge on any atom is 0.243 e. The molecular formula is C25H30N4O5S. The number of piperidine rings is 1. The highest BCUT2D eigenvalue weighted by molar-refractivity contribution is 7.89. The Kier molecular flexibility index (Phi) is 6.41. The van der Waals surface area contributed by atoms with Gasteiger partial charge in [0.1, 0.15) is 19.0 Å². The van der Waals surface area contributed by atoms with Gasteiger partial charge in [-0.2, -0.15) is 4.31 Å². The minimum absolute atomic E-state index is 0.0690. The van der Waals surface area contributed by atoms with Crippen LogP contribution in [-0.2, 0) is 14.8 Å². The number of amides is 1. The fraction of sp³-hybridized carbons (Fsp3) is 0.440. The lowest BCUT2D eigenvalue weighted by Gasteiger charge is -2.32. The van der Waals surface area contributed by atoms with Gasteiger partial charge in [0.15, 0.2) is 11.5 Å². The van der Waals surface area contributed by atoms with E-state index in [4.69, 9.17) is 9.47 Å². The Morgan fingerprint density at radius 1 is 1.09 bits per heavy atom. The van der Waals surface area contributed by atoms with E-state index in [2.05, 4.69) is 15.3 Å². The third-order valence-electron chi connectivity index (χ3n) is 6.64. The van der Waals surface area contributed by atoms with E-state index >= 15 is 0 Å². The maximum atomic E-state index is 13.2. The topological polar surface area (TPSA) is 114 Å². The van der Waals surface area contributed by atoms with Gasteiger partial charge in [0.05, 0.1) is 22.0 Å². The molecule has 2 N–H and O–H groups in total. The Morgan fingerprint density at radius 3 is 2.51 bits per heavy atom. The lowest BCUT2D eigenvalue weighted by molar-refractivity contribution is -0.127. The number of rotatable bonds is 6. The second-order valence-corrected chi connectivity index (χ2v) is 11.3. The molecule has 0 bridgehead atoms. The van der Waals surface area contributed by atoms with E-state index in [1.165, 1.54) is 10.4 Å². The summed E-state index contributed by atoms with van der Waals surface area (Å²) < 4.78 is 38.9. The number of nitrogens with one attached hydrogen (secondary N) is 2. The molecule has 1 atom stereocenters. The fourth-order valence-corrected chi connectivity index (χ4v) is 6.12. The van der Waals surface area contributed by atoms with Gasteiger partial charge in [-0.25, -0.2) is 13.4 Å². The number of imidazole rings is 1. The Labute approximate surface area is 204 Å². The number of sulfonamides is 1. The lowest BCUT2D eigenvalue weighted by Crippen LogP contribution is -2.44. The van der Waals surface area contributed by atoms with Gasteiger partial charge in [0.2, 0.25) is 15.9 Å². The number of aromatic amines is 1. The van der Waals surface area contributed by atoms with Crippen molar-refractivity contribution in [1.82, 2.24) is 19.6 Å². The average molecular weight is 499 g/mol. The Balaban J connectivity index is 1.24. The first kappa shape index (κ1) is 23.6. The summed E-state index contributed by atoms with van der Waals surface area (Å²) in [5, 5.41) is 3.15. The summed E-state index contributed by atoms with van der Waals surface area (Å²) in [7, 11) is -3.69. The van der Waals surface area contributed by atoms with E-state index in [9.17, 15) is 13.2 Å². The number of aromatic nitrogens is 2. The smallest absolute Gasteiger partial charge is 0.243 e. The molecule has 2 aliphatic heterocycles. The Morgan fingerprint density at radius 2 is 1.80 bits per heavy atom. The summed E-state index contributed by atoms with van der Waals surface area (Å²) in [5.41, 5.74) is 1.79. The predicted molar refractivity (Wildman–Crippen MR) is 131 cm³/mol. The maximum absolute atomic E-state index is 13.2. The van der Waals surface area contributed by atoms with E-state index in [0.717, 1.165) is 16.9 Å². The van der Waals surface area contributed by atoms with E-state index in [1.807, 2.05) is 38.1 Å². The molecule has 3 aromatic rings. The first-order valence-electron chi connectivity index (χ1n) is 12.0. The SMILES string of the molecule is CC(C)[C@H](NC(=O)C1CCN(S(=O)(=O)c2ccc3c(c2)OCCO3)CC1)c1nc2ccccc2[nH]1. The fourth-order valence-electron chi connectivity index (χ4n) is 4.63. The molecule has 0 unspecified atom stereocenters. The zero-order chi connectivity index (χ0) is 24.6. The second-order valence-electron chi connectivity index (χ2n) is 9.35. The molecule has 186 valence electrons. The van der Waals surface area contributed by atoms with Gasteiger partial charge in [0.25, 0.3) is 0 Å². The first-order chi connectivity index (χ1) is 16.8. The second kappa shape index (κ2) is 9.50. The predicted octanol–water partition coefficient (Wildman–Crippen LogP) is 3.25. The first-order valence-corrected chi connectivity index (χ1v) is 13.4. The Hall–Kier alpha value is -3.11. The van der Waals surface area contributed by atoms with E-state index in [-0.39, 0.29) is 41.8 Å². The highest BCUT2D eigenvalue weighted by Gasteiger charge is 2.34. The van der Waals surface area contributed by atoms with Crippen LogP contribution < -0.4 is 14.8 Å². The molecule has 9 nitrogen and oxygen atoms in total. The molecule has 0 saturated carbocycles. The molecule has 1 amide bonds. The molecule has 1 aromatic heterocycles. The minimum Gasteiger partial charge on any atom is -0.486 e. The number of hydrogen-bond acceptors (Lipinski definition) is 6. The molecule has 1 fully saturated rings. The largest absolute Gasteiger partial charge is 0.486 e. The third kappa shape index (κ3) is 4.72. The molecule has 35 heavy (non-hydrogen) atoms. The summed E-state index contributed by atoms with van der Waals surface area (Å²) in [6.45, 7) is 5.49. The highest BCUT2D eigenvalue weighted by Crippen LogP contribution is 2.34. The molecule has 3 heterocycles. The molecule has 2 aliphatic rings. The van der Waals surface area contributed by atoms with Crippen LogP contribution in [0.4, 0.5) is 0 Å². The van der Waals surface area contributed by atoms with Crippen molar-refractivity contribution in [2.24, 2.45) is 11.8 Å². The van der Waals surface area contributed by atoms with Crippen LogP contribution in [-0.4, -0.2) is 54.9 Å². The monoisotopic (exact) mass is 498 g/mol. The number of hydrogen-bond donors (Lipinski definition) is 2. The van der Waals surface area contributed by atoms with Crippen LogP contribution in [0.25, 0.3) is 11.0 Å². The number of ether oxygens (including phenoxy) is 2. The van der Waals surface area contributed by atoms with Gasteiger partial charge in [-0.15, -0.1) is 0 Å². The van der Waals surface area contributed by atoms with Crippen molar-refractivity contribution >= 4 is 27.0 Å². The van der Waals surface area contributed by atoms with E-state index in [0.29, 0.717) is 37.6 Å². The average Bonchev–Trinajstić information content (AvgIpc) is 3.30. The highest BCUT2D eigenvalue weighted by atomic mass is 32.2. The molecule has 10 heteroatoms. The van der Waals surface area contributed by atoms with Crippen LogP contribution in [0.1, 0.15) is 38.6 Å². The summed E-state index contributed by atoms with van der Waals surface area (Å²) >= 11 is 0. The van der Waals surface area contributed by atoms with Crippen LogP contribution in [0.3, 0.4) is 0 Å². The molecule has 2 aromatic carbocycles. The van der Waals surface area contributed by atoms with Crippen LogP contribution in [0.15, 0.2) is 47.4 Å². The summed E-state index contributed by atoms with van der Waals surface area (Å²) in [5.74, 6) is 1.53. The zero-order valence-corrected chi connectivity index (χ0v) is 20.7. The zero-order valence-electron chi connectivity index (χ0n) is 19.9. The molecule has 5 rings (SSSR count). The molecule has 0 spiro atoms. The van der Waals surface area contributed by atoms with E-state index in [1.54, 1.807) is 12.1 Å². The van der Waals surface area contributed by atoms with Crippen molar-refractivity contribution in [2.45, 2.75) is 37.6 Å². The molecular weight excluding hydrogens is 468 g/mol. The Bertz CT molecular complexity index is 1300. The van der Waals surface area contributed by atoms with Crippen molar-refractivity contribution in [3.63, 3.8) is 0 Å². The summed E-state index contributed by atoms with van der Waals surface area (Å²) in [4.78, 5) is 21.3. The molecule has 1 saturated heterocycles. The lowest BCUT2D eigenvalue weighted by atomic mass is 9.95. The van der Waals surface area contributed by atoms with Crippen LogP contribution in [0.5, 0.6) is 11.5 Å². The van der Waals surface area contributed by atoms with Gasteiger partial charge in [-0.05, 0) is 43.0 Å². The molecule has 0 aliphatic carbocycles. The minimum atomic E-state index is -3.69. The number of nitrogens with zero attached hydrogens (tertiary/aromatic N) is 2. The normalized spacial score (nSPS) is 18.0. The van der Waals surface area contributed by atoms with Crippen molar-refractivity contribution in [3.8, 4) is 11.5 Å². The van der Waals surface area contributed by atoms with Gasteiger partial charge >= 0.3 is 0 Å². The van der Waals surface area contributed by atoms with Crippen molar-refractivity contribution in [2.75, 3.05) is 26.3 Å². The standard InChI is InChI=1S/C25H30N4O5S/c1-16(2)23(24-26-19-5-3-4-6-20(19)27-24)28-25(30)17-9-11-29(12-10-17)35(31,32)18-7-8-21-22(15-18)34-14-13-33-21/h3-8,15-17,23H,9-14H2,1-2H3,(H,26,27)(H,28,30)/t23-/m0/s1. The van der Waals surface area contributed by atoms with Crippen LogP contribution in [0, 0.1) is 11.8 Å². The quantitative estimate of drug-likeness (QED) is 0.539. The summed E-state index contributed by atoms with van der Waals surface area (Å²) in [6, 6.07) is 12.2. The number of carbonyl (C=O) groups is 1. The molecule has 0 radical (unpaired) electrons. The van der Waals surface area contributed by atoms with E-state index < -0.39 is 10.0 Å². The van der Waals surface area contributed by atoms with Gasteiger partial charge in [-0.3, -0.25) is 4.79 Å². The number of H-pyrrole nitrogens is 1. The van der Waals surface area contributed by atoms with Crippen LogP contribution >= 0.6 is 0 Å². The van der Waals surface area contributed by atoms with Crippen molar-refractivity contribution in [1.29, 1.82) is 0 Å². The third-order valence-corrected chi connectivity index (χ3v) is 8.54. The number of para-hydroxylation sites is 2.